The molecule has 2 rings (SSSR count). The molecule has 1 aromatic rings. The second kappa shape index (κ2) is 5.15. The van der Waals surface area contributed by atoms with Gasteiger partial charge in [-0.3, -0.25) is 4.79 Å². The quantitative estimate of drug-likeness (QED) is 0.828. The van der Waals surface area contributed by atoms with Crippen molar-refractivity contribution >= 4 is 11.7 Å². The zero-order valence-corrected chi connectivity index (χ0v) is 10.7. The zero-order valence-electron chi connectivity index (χ0n) is 10.7. The van der Waals surface area contributed by atoms with Crippen LogP contribution in [0.4, 0.5) is 14.5 Å². The van der Waals surface area contributed by atoms with E-state index in [4.69, 9.17) is 5.73 Å². The summed E-state index contributed by atoms with van der Waals surface area (Å²) in [5, 5.41) is 9.41. The van der Waals surface area contributed by atoms with Crippen LogP contribution in [0.5, 0.6) is 0 Å². The Balaban J connectivity index is 2.48. The highest BCUT2D eigenvalue weighted by molar-refractivity contribution is 5.79. The van der Waals surface area contributed by atoms with E-state index in [1.54, 1.807) is 0 Å². The number of hydrogen-bond donors (Lipinski definition) is 2. The molecule has 0 aromatic heterocycles. The molecule has 0 heterocycles. The van der Waals surface area contributed by atoms with E-state index >= 15 is 0 Å². The molecule has 0 amide bonds. The summed E-state index contributed by atoms with van der Waals surface area (Å²) in [7, 11) is 0. The SMILES string of the molecule is CC1CCCC1C(C(=O)O)c1cc(F)cc(F)c1N. The van der Waals surface area contributed by atoms with Gasteiger partial charge in [-0.1, -0.05) is 19.8 Å². The number of benzene rings is 1. The van der Waals surface area contributed by atoms with Crippen molar-refractivity contribution in [1.82, 2.24) is 0 Å². The molecule has 104 valence electrons. The molecule has 0 radical (unpaired) electrons. The van der Waals surface area contributed by atoms with Crippen LogP contribution in [0.25, 0.3) is 0 Å². The van der Waals surface area contributed by atoms with E-state index < -0.39 is 23.5 Å². The van der Waals surface area contributed by atoms with Gasteiger partial charge in [0.1, 0.15) is 11.6 Å². The first kappa shape index (κ1) is 13.8. The maximum Gasteiger partial charge on any atom is 0.311 e. The van der Waals surface area contributed by atoms with Crippen LogP contribution in [0.15, 0.2) is 12.1 Å². The second-order valence-electron chi connectivity index (χ2n) is 5.28. The van der Waals surface area contributed by atoms with Gasteiger partial charge in [0.05, 0.1) is 11.6 Å². The number of anilines is 1. The largest absolute Gasteiger partial charge is 0.481 e. The number of carboxylic acid groups (broad SMARTS) is 1. The molecule has 1 saturated carbocycles. The molecule has 3 N–H and O–H groups in total. The maximum atomic E-state index is 13.5. The lowest BCUT2D eigenvalue weighted by molar-refractivity contribution is -0.140. The summed E-state index contributed by atoms with van der Waals surface area (Å²) in [5.74, 6) is -3.61. The van der Waals surface area contributed by atoms with Crippen molar-refractivity contribution in [1.29, 1.82) is 0 Å². The lowest BCUT2D eigenvalue weighted by Gasteiger charge is -2.25. The standard InChI is InChI=1S/C14H17F2NO2/c1-7-3-2-4-9(7)12(14(18)19)10-5-8(15)6-11(16)13(10)17/h5-7,9,12H,2-4,17H2,1H3,(H,18,19). The number of carbonyl (C=O) groups is 1. The number of nitrogen functional groups attached to an aromatic ring is 1. The van der Waals surface area contributed by atoms with Crippen LogP contribution < -0.4 is 5.73 Å². The van der Waals surface area contributed by atoms with Crippen molar-refractivity contribution in [3.63, 3.8) is 0 Å². The molecule has 1 aliphatic rings. The van der Waals surface area contributed by atoms with Gasteiger partial charge >= 0.3 is 5.97 Å². The Morgan fingerprint density at radius 2 is 2.11 bits per heavy atom. The summed E-state index contributed by atoms with van der Waals surface area (Å²) in [6.45, 7) is 1.97. The molecule has 5 heteroatoms. The van der Waals surface area contributed by atoms with Crippen molar-refractivity contribution in [3.05, 3.63) is 29.3 Å². The highest BCUT2D eigenvalue weighted by Crippen LogP contribution is 2.43. The fraction of sp³-hybridized carbons (Fsp3) is 0.500. The van der Waals surface area contributed by atoms with Gasteiger partial charge in [-0.2, -0.15) is 0 Å². The molecule has 0 spiro atoms. The Kier molecular flexibility index (Phi) is 3.73. The summed E-state index contributed by atoms with van der Waals surface area (Å²) in [5.41, 5.74) is 5.40. The molecule has 1 aromatic carbocycles. The van der Waals surface area contributed by atoms with Crippen LogP contribution in [0, 0.1) is 23.5 Å². The molecule has 19 heavy (non-hydrogen) atoms. The molecule has 3 atom stereocenters. The summed E-state index contributed by atoms with van der Waals surface area (Å²) >= 11 is 0. The number of carboxylic acids is 1. The monoisotopic (exact) mass is 269 g/mol. The maximum absolute atomic E-state index is 13.5. The highest BCUT2D eigenvalue weighted by atomic mass is 19.1. The van der Waals surface area contributed by atoms with Gasteiger partial charge in [-0.15, -0.1) is 0 Å². The Bertz CT molecular complexity index is 504. The summed E-state index contributed by atoms with van der Waals surface area (Å²) in [4.78, 5) is 11.5. The smallest absolute Gasteiger partial charge is 0.311 e. The predicted molar refractivity (Wildman–Crippen MR) is 67.7 cm³/mol. The van der Waals surface area contributed by atoms with E-state index in [2.05, 4.69) is 0 Å². The molecule has 3 unspecified atom stereocenters. The molecule has 1 aliphatic carbocycles. The topological polar surface area (TPSA) is 63.3 Å². The lowest BCUT2D eigenvalue weighted by atomic mass is 9.79. The van der Waals surface area contributed by atoms with Crippen molar-refractivity contribution < 1.29 is 18.7 Å². The lowest BCUT2D eigenvalue weighted by Crippen LogP contribution is -2.25. The predicted octanol–water partition coefficient (Wildman–Crippen LogP) is 3.15. The Hall–Kier alpha value is -1.65. The van der Waals surface area contributed by atoms with E-state index in [-0.39, 0.29) is 23.1 Å². The van der Waals surface area contributed by atoms with Gasteiger partial charge in [0, 0.05) is 6.07 Å². The van der Waals surface area contributed by atoms with Crippen molar-refractivity contribution in [2.75, 3.05) is 5.73 Å². The number of hydrogen-bond acceptors (Lipinski definition) is 2. The van der Waals surface area contributed by atoms with Gasteiger partial charge in [-0.05, 0) is 29.9 Å². The third kappa shape index (κ3) is 2.55. The Morgan fingerprint density at radius 1 is 1.42 bits per heavy atom. The molecule has 0 bridgehead atoms. The van der Waals surface area contributed by atoms with Crippen LogP contribution in [0.3, 0.4) is 0 Å². The average molecular weight is 269 g/mol. The minimum absolute atomic E-state index is 0.0590. The number of halogens is 2. The third-order valence-corrected chi connectivity index (χ3v) is 4.08. The van der Waals surface area contributed by atoms with Gasteiger partial charge in [0.2, 0.25) is 0 Å². The molecule has 1 fully saturated rings. The minimum Gasteiger partial charge on any atom is -0.481 e. The summed E-state index contributed by atoms with van der Waals surface area (Å²) < 4.78 is 26.8. The Labute approximate surface area is 110 Å². The van der Waals surface area contributed by atoms with Crippen LogP contribution >= 0.6 is 0 Å². The van der Waals surface area contributed by atoms with Gasteiger partial charge in [-0.25, -0.2) is 8.78 Å². The summed E-state index contributed by atoms with van der Waals surface area (Å²) in [6, 6.07) is 1.72. The van der Waals surface area contributed by atoms with E-state index in [1.807, 2.05) is 6.92 Å². The first-order chi connectivity index (χ1) is 8.91. The van der Waals surface area contributed by atoms with Crippen LogP contribution in [0.2, 0.25) is 0 Å². The van der Waals surface area contributed by atoms with Crippen molar-refractivity contribution in [2.45, 2.75) is 32.1 Å². The first-order valence-electron chi connectivity index (χ1n) is 6.39. The molecular formula is C14H17F2NO2. The normalized spacial score (nSPS) is 24.4. The van der Waals surface area contributed by atoms with Crippen LogP contribution in [0.1, 0.15) is 37.7 Å². The van der Waals surface area contributed by atoms with Gasteiger partial charge in [0.15, 0.2) is 0 Å². The van der Waals surface area contributed by atoms with Crippen LogP contribution in [-0.2, 0) is 4.79 Å². The third-order valence-electron chi connectivity index (χ3n) is 4.08. The van der Waals surface area contributed by atoms with Gasteiger partial charge < -0.3 is 10.8 Å². The van der Waals surface area contributed by atoms with Crippen molar-refractivity contribution in [2.24, 2.45) is 11.8 Å². The number of aliphatic carboxylic acids is 1. The summed E-state index contributed by atoms with van der Waals surface area (Å²) in [6.07, 6.45) is 2.62. The van der Waals surface area contributed by atoms with E-state index in [0.717, 1.165) is 25.3 Å². The zero-order chi connectivity index (χ0) is 14.2. The van der Waals surface area contributed by atoms with E-state index in [0.29, 0.717) is 6.07 Å². The number of nitrogens with two attached hydrogens (primary N) is 1. The molecule has 0 aliphatic heterocycles. The fourth-order valence-electron chi connectivity index (χ4n) is 3.08. The van der Waals surface area contributed by atoms with E-state index in [9.17, 15) is 18.7 Å². The Morgan fingerprint density at radius 3 is 2.63 bits per heavy atom. The molecule has 3 nitrogen and oxygen atoms in total. The first-order valence-corrected chi connectivity index (χ1v) is 6.39. The number of rotatable bonds is 3. The van der Waals surface area contributed by atoms with E-state index in [1.165, 1.54) is 0 Å². The second-order valence-corrected chi connectivity index (χ2v) is 5.28. The minimum atomic E-state index is -1.07. The fourth-order valence-corrected chi connectivity index (χ4v) is 3.08. The highest BCUT2D eigenvalue weighted by Gasteiger charge is 2.38. The molecular weight excluding hydrogens is 252 g/mol. The van der Waals surface area contributed by atoms with Crippen molar-refractivity contribution in [3.8, 4) is 0 Å². The molecule has 0 saturated heterocycles. The van der Waals surface area contributed by atoms with Crippen LogP contribution in [-0.4, -0.2) is 11.1 Å². The van der Waals surface area contributed by atoms with Gasteiger partial charge in [0.25, 0.3) is 0 Å². The average Bonchev–Trinajstić information content (AvgIpc) is 2.71.